The van der Waals surface area contributed by atoms with Crippen molar-refractivity contribution in [3.8, 4) is 0 Å². The summed E-state index contributed by atoms with van der Waals surface area (Å²) in [5, 5.41) is 6.08. The topological polar surface area (TPSA) is 75.2 Å². The Balaban J connectivity index is 1.81. The molecular weight excluding hydrogens is 344 g/mol. The highest BCUT2D eigenvalue weighted by atomic mass is 16.5. The molecule has 2 heterocycles. The third-order valence-corrected chi connectivity index (χ3v) is 5.33. The molecule has 0 aromatic rings. The second-order valence-corrected chi connectivity index (χ2v) is 8.14. The van der Waals surface area contributed by atoms with Crippen LogP contribution in [0.25, 0.3) is 0 Å². The van der Waals surface area contributed by atoms with E-state index in [0.29, 0.717) is 12.6 Å². The molecule has 0 saturated carbocycles. The van der Waals surface area contributed by atoms with Gasteiger partial charge in [0.1, 0.15) is 0 Å². The van der Waals surface area contributed by atoms with Gasteiger partial charge in [0, 0.05) is 33.3 Å². The minimum Gasteiger partial charge on any atom is -0.376 e. The standard InChI is InChI=1S/C20H38N4O3/c1-5-22-19(23-15-20(2,3)18(25)21-4)24-11-9-16(10-12-24)27-14-17-8-6-7-13-26-17/h16-17H,5-15H2,1-4H3,(H,21,25)(H,22,23). The van der Waals surface area contributed by atoms with Crippen molar-refractivity contribution in [2.24, 2.45) is 10.4 Å². The number of nitrogens with zero attached hydrogens (tertiary/aromatic N) is 2. The Morgan fingerprint density at radius 2 is 2.00 bits per heavy atom. The summed E-state index contributed by atoms with van der Waals surface area (Å²) in [4.78, 5) is 19.0. The minimum atomic E-state index is -0.517. The van der Waals surface area contributed by atoms with E-state index in [1.807, 2.05) is 13.8 Å². The van der Waals surface area contributed by atoms with Crippen molar-refractivity contribution in [1.29, 1.82) is 0 Å². The third kappa shape index (κ3) is 6.96. The molecule has 1 atom stereocenters. The van der Waals surface area contributed by atoms with Crippen LogP contribution in [-0.2, 0) is 14.3 Å². The zero-order valence-corrected chi connectivity index (χ0v) is 17.6. The molecule has 2 aliphatic rings. The Kier molecular flexibility index (Phi) is 8.83. The second kappa shape index (κ2) is 10.9. The van der Waals surface area contributed by atoms with Crippen LogP contribution in [-0.4, -0.2) is 75.4 Å². The molecule has 2 rings (SSSR count). The normalized spacial score (nSPS) is 22.6. The van der Waals surface area contributed by atoms with E-state index in [2.05, 4.69) is 22.5 Å². The SMILES string of the molecule is CCNC(=NCC(C)(C)C(=O)NC)N1CCC(OCC2CCCCO2)CC1. The Labute approximate surface area is 164 Å². The van der Waals surface area contributed by atoms with E-state index in [0.717, 1.165) is 58.1 Å². The lowest BCUT2D eigenvalue weighted by Crippen LogP contribution is -2.48. The monoisotopic (exact) mass is 382 g/mol. The van der Waals surface area contributed by atoms with E-state index in [-0.39, 0.29) is 12.0 Å². The number of nitrogens with one attached hydrogen (secondary N) is 2. The van der Waals surface area contributed by atoms with Gasteiger partial charge in [-0.2, -0.15) is 0 Å². The molecule has 2 aliphatic heterocycles. The highest BCUT2D eigenvalue weighted by Crippen LogP contribution is 2.19. The lowest BCUT2D eigenvalue weighted by Gasteiger charge is -2.35. The van der Waals surface area contributed by atoms with Crippen LogP contribution < -0.4 is 10.6 Å². The molecule has 27 heavy (non-hydrogen) atoms. The second-order valence-electron chi connectivity index (χ2n) is 8.14. The molecule has 2 fully saturated rings. The van der Waals surface area contributed by atoms with E-state index in [1.165, 1.54) is 12.8 Å². The van der Waals surface area contributed by atoms with Crippen molar-refractivity contribution in [3.05, 3.63) is 0 Å². The Morgan fingerprint density at radius 1 is 1.26 bits per heavy atom. The summed E-state index contributed by atoms with van der Waals surface area (Å²) in [6.45, 7) is 10.6. The number of ether oxygens (including phenoxy) is 2. The van der Waals surface area contributed by atoms with Gasteiger partial charge in [0.25, 0.3) is 0 Å². The molecule has 0 aliphatic carbocycles. The molecule has 0 radical (unpaired) electrons. The first-order chi connectivity index (χ1) is 13.0. The summed E-state index contributed by atoms with van der Waals surface area (Å²) in [6.07, 6.45) is 6.13. The lowest BCUT2D eigenvalue weighted by molar-refractivity contribution is -0.128. The molecule has 1 unspecified atom stereocenters. The fourth-order valence-corrected chi connectivity index (χ4v) is 3.53. The van der Waals surface area contributed by atoms with Crippen molar-refractivity contribution >= 4 is 11.9 Å². The van der Waals surface area contributed by atoms with Crippen molar-refractivity contribution in [2.45, 2.75) is 65.1 Å². The maximum atomic E-state index is 12.0. The minimum absolute atomic E-state index is 0.0131. The van der Waals surface area contributed by atoms with E-state index in [4.69, 9.17) is 14.5 Å². The van der Waals surface area contributed by atoms with E-state index in [9.17, 15) is 4.79 Å². The summed E-state index contributed by atoms with van der Waals surface area (Å²) in [7, 11) is 1.67. The van der Waals surface area contributed by atoms with Crippen molar-refractivity contribution in [2.75, 3.05) is 46.4 Å². The summed E-state index contributed by atoms with van der Waals surface area (Å²) >= 11 is 0. The fourth-order valence-electron chi connectivity index (χ4n) is 3.53. The zero-order chi connectivity index (χ0) is 19.7. The first kappa shape index (κ1) is 22.0. The number of carbonyl (C=O) groups excluding carboxylic acids is 1. The van der Waals surface area contributed by atoms with Gasteiger partial charge in [-0.15, -0.1) is 0 Å². The summed E-state index contributed by atoms with van der Waals surface area (Å²) in [6, 6.07) is 0. The van der Waals surface area contributed by atoms with E-state index < -0.39 is 5.41 Å². The maximum Gasteiger partial charge on any atom is 0.227 e. The summed E-state index contributed by atoms with van der Waals surface area (Å²) in [5.41, 5.74) is -0.517. The summed E-state index contributed by atoms with van der Waals surface area (Å²) < 4.78 is 11.9. The number of hydrogen-bond acceptors (Lipinski definition) is 4. The molecule has 156 valence electrons. The van der Waals surface area contributed by atoms with Gasteiger partial charge >= 0.3 is 0 Å². The van der Waals surface area contributed by atoms with Gasteiger partial charge in [0.2, 0.25) is 5.91 Å². The first-order valence-corrected chi connectivity index (χ1v) is 10.4. The Bertz CT molecular complexity index is 482. The van der Waals surface area contributed by atoms with Crippen LogP contribution in [0.3, 0.4) is 0 Å². The highest BCUT2D eigenvalue weighted by molar-refractivity contribution is 5.83. The van der Waals surface area contributed by atoms with Gasteiger partial charge in [-0.1, -0.05) is 0 Å². The van der Waals surface area contributed by atoms with Crippen LogP contribution in [0.4, 0.5) is 0 Å². The lowest BCUT2D eigenvalue weighted by atomic mass is 9.93. The number of piperidine rings is 1. The molecule has 7 nitrogen and oxygen atoms in total. The van der Waals surface area contributed by atoms with Crippen LogP contribution in [0, 0.1) is 5.41 Å². The zero-order valence-electron chi connectivity index (χ0n) is 17.6. The number of aliphatic imine (C=N–C) groups is 1. The van der Waals surface area contributed by atoms with Crippen LogP contribution in [0.15, 0.2) is 4.99 Å². The Hall–Kier alpha value is -1.34. The van der Waals surface area contributed by atoms with E-state index >= 15 is 0 Å². The average molecular weight is 383 g/mol. The van der Waals surface area contributed by atoms with E-state index in [1.54, 1.807) is 7.05 Å². The molecule has 0 spiro atoms. The molecule has 0 aromatic heterocycles. The van der Waals surface area contributed by atoms with Gasteiger partial charge in [-0.25, -0.2) is 0 Å². The quantitative estimate of drug-likeness (QED) is 0.518. The highest BCUT2D eigenvalue weighted by Gasteiger charge is 2.28. The predicted molar refractivity (Wildman–Crippen MR) is 108 cm³/mol. The van der Waals surface area contributed by atoms with Crippen LogP contribution in [0.2, 0.25) is 0 Å². The van der Waals surface area contributed by atoms with Crippen molar-refractivity contribution < 1.29 is 14.3 Å². The number of rotatable bonds is 7. The number of likely N-dealkylation sites (tertiary alicyclic amines) is 1. The largest absolute Gasteiger partial charge is 0.376 e. The number of hydrogen-bond donors (Lipinski definition) is 2. The van der Waals surface area contributed by atoms with Crippen LogP contribution >= 0.6 is 0 Å². The molecule has 0 aromatic carbocycles. The fraction of sp³-hybridized carbons (Fsp3) is 0.900. The van der Waals surface area contributed by atoms with Gasteiger partial charge < -0.3 is 25.0 Å². The van der Waals surface area contributed by atoms with Crippen molar-refractivity contribution in [3.63, 3.8) is 0 Å². The number of carbonyl (C=O) groups is 1. The molecule has 0 bridgehead atoms. The molecule has 1 amide bonds. The molecule has 2 N–H and O–H groups in total. The average Bonchev–Trinajstić information content (AvgIpc) is 2.70. The van der Waals surface area contributed by atoms with Gasteiger partial charge in [-0.05, 0) is 52.9 Å². The molecular formula is C20H38N4O3. The van der Waals surface area contributed by atoms with Gasteiger partial charge in [-0.3, -0.25) is 9.79 Å². The maximum absolute atomic E-state index is 12.0. The molecule has 2 saturated heterocycles. The smallest absolute Gasteiger partial charge is 0.227 e. The molecule has 7 heteroatoms. The third-order valence-electron chi connectivity index (χ3n) is 5.33. The van der Waals surface area contributed by atoms with Crippen LogP contribution in [0.1, 0.15) is 52.9 Å². The van der Waals surface area contributed by atoms with Gasteiger partial charge in [0.15, 0.2) is 5.96 Å². The predicted octanol–water partition coefficient (Wildman–Crippen LogP) is 1.77. The van der Waals surface area contributed by atoms with Gasteiger partial charge in [0.05, 0.1) is 30.8 Å². The van der Waals surface area contributed by atoms with Crippen LogP contribution in [0.5, 0.6) is 0 Å². The number of amides is 1. The van der Waals surface area contributed by atoms with Crippen molar-refractivity contribution in [1.82, 2.24) is 15.5 Å². The summed E-state index contributed by atoms with van der Waals surface area (Å²) in [5.74, 6) is 0.905. The Morgan fingerprint density at radius 3 is 2.59 bits per heavy atom. The number of guanidine groups is 1. The first-order valence-electron chi connectivity index (χ1n) is 10.4.